The lowest BCUT2D eigenvalue weighted by molar-refractivity contribution is -0.385. The molecule has 0 aliphatic heterocycles. The van der Waals surface area contributed by atoms with Crippen molar-refractivity contribution in [3.8, 4) is 0 Å². The van der Waals surface area contributed by atoms with Gasteiger partial charge in [-0.05, 0) is 19.1 Å². The molecule has 0 unspecified atom stereocenters. The standard InChI is InChI=1S/C14H14N4O3/c1-2-15-13-8-11(12(9-16-13)18(20)21)14(19)17-10-6-4-3-5-7-10/h3-9H,2H2,1H3,(H,15,16)(H,17,19). The topological polar surface area (TPSA) is 97.2 Å². The second kappa shape index (κ2) is 6.47. The normalized spacial score (nSPS) is 9.95. The van der Waals surface area contributed by atoms with Gasteiger partial charge in [-0.25, -0.2) is 4.98 Å². The number of anilines is 2. The average Bonchev–Trinajstić information content (AvgIpc) is 2.48. The van der Waals surface area contributed by atoms with Gasteiger partial charge in [0, 0.05) is 18.3 Å². The first-order valence-electron chi connectivity index (χ1n) is 6.36. The van der Waals surface area contributed by atoms with Gasteiger partial charge in [0.05, 0.1) is 4.92 Å². The van der Waals surface area contributed by atoms with Crippen LogP contribution in [0.2, 0.25) is 0 Å². The highest BCUT2D eigenvalue weighted by Crippen LogP contribution is 2.21. The van der Waals surface area contributed by atoms with Crippen molar-refractivity contribution >= 4 is 23.1 Å². The molecule has 0 saturated carbocycles. The molecule has 2 N–H and O–H groups in total. The molecule has 0 aliphatic carbocycles. The first kappa shape index (κ1) is 14.4. The van der Waals surface area contributed by atoms with Crippen LogP contribution in [0.25, 0.3) is 0 Å². The summed E-state index contributed by atoms with van der Waals surface area (Å²) in [4.78, 5) is 26.5. The van der Waals surface area contributed by atoms with Crippen LogP contribution in [0.15, 0.2) is 42.6 Å². The van der Waals surface area contributed by atoms with Crippen molar-refractivity contribution in [3.63, 3.8) is 0 Å². The Morgan fingerprint density at radius 1 is 1.33 bits per heavy atom. The van der Waals surface area contributed by atoms with Crippen LogP contribution >= 0.6 is 0 Å². The number of carbonyl (C=O) groups is 1. The zero-order chi connectivity index (χ0) is 15.2. The van der Waals surface area contributed by atoms with Crippen molar-refractivity contribution < 1.29 is 9.72 Å². The summed E-state index contributed by atoms with van der Waals surface area (Å²) in [5.74, 6) is -0.129. The number of carbonyl (C=O) groups excluding carboxylic acids is 1. The van der Waals surface area contributed by atoms with Crippen LogP contribution in [0.3, 0.4) is 0 Å². The zero-order valence-electron chi connectivity index (χ0n) is 11.4. The van der Waals surface area contributed by atoms with Gasteiger partial charge in [-0.2, -0.15) is 0 Å². The van der Waals surface area contributed by atoms with Gasteiger partial charge in [0.1, 0.15) is 17.6 Å². The Hall–Kier alpha value is -2.96. The van der Waals surface area contributed by atoms with Crippen molar-refractivity contribution in [1.82, 2.24) is 4.98 Å². The summed E-state index contributed by atoms with van der Waals surface area (Å²) in [6.07, 6.45) is 1.08. The molecular weight excluding hydrogens is 272 g/mol. The number of aromatic nitrogens is 1. The van der Waals surface area contributed by atoms with Gasteiger partial charge in [0.25, 0.3) is 11.6 Å². The van der Waals surface area contributed by atoms with E-state index in [2.05, 4.69) is 15.6 Å². The quantitative estimate of drug-likeness (QED) is 0.650. The first-order chi connectivity index (χ1) is 10.1. The number of nitrogens with zero attached hydrogens (tertiary/aromatic N) is 2. The Kier molecular flexibility index (Phi) is 4.45. The first-order valence-corrected chi connectivity index (χ1v) is 6.36. The number of hydrogen-bond donors (Lipinski definition) is 2. The summed E-state index contributed by atoms with van der Waals surface area (Å²) in [7, 11) is 0. The predicted molar refractivity (Wildman–Crippen MR) is 79.5 cm³/mol. The number of benzene rings is 1. The number of nitrogens with one attached hydrogen (secondary N) is 2. The van der Waals surface area contributed by atoms with Crippen molar-refractivity contribution in [2.24, 2.45) is 0 Å². The molecule has 0 saturated heterocycles. The van der Waals surface area contributed by atoms with E-state index in [0.29, 0.717) is 18.1 Å². The van der Waals surface area contributed by atoms with E-state index in [0.717, 1.165) is 6.20 Å². The van der Waals surface area contributed by atoms with Crippen LogP contribution in [0, 0.1) is 10.1 Å². The maximum Gasteiger partial charge on any atom is 0.300 e. The zero-order valence-corrected chi connectivity index (χ0v) is 11.4. The van der Waals surface area contributed by atoms with Crippen LogP contribution in [-0.2, 0) is 0 Å². The lowest BCUT2D eigenvalue weighted by Crippen LogP contribution is -2.15. The molecule has 1 amide bonds. The van der Waals surface area contributed by atoms with Crippen LogP contribution in [0.4, 0.5) is 17.2 Å². The van der Waals surface area contributed by atoms with Crippen LogP contribution in [0.1, 0.15) is 17.3 Å². The minimum atomic E-state index is -0.622. The molecule has 2 aromatic rings. The number of rotatable bonds is 5. The van der Waals surface area contributed by atoms with Crippen molar-refractivity contribution in [1.29, 1.82) is 0 Å². The molecule has 0 bridgehead atoms. The molecule has 7 nitrogen and oxygen atoms in total. The molecule has 21 heavy (non-hydrogen) atoms. The fraction of sp³-hybridized carbons (Fsp3) is 0.143. The monoisotopic (exact) mass is 286 g/mol. The summed E-state index contributed by atoms with van der Waals surface area (Å²) < 4.78 is 0. The van der Waals surface area contributed by atoms with E-state index in [1.165, 1.54) is 6.07 Å². The van der Waals surface area contributed by atoms with E-state index < -0.39 is 10.8 Å². The molecule has 108 valence electrons. The Bertz CT molecular complexity index is 659. The molecule has 1 aromatic carbocycles. The fourth-order valence-electron chi connectivity index (χ4n) is 1.77. The SMILES string of the molecule is CCNc1cc(C(=O)Nc2ccccc2)c([N+](=O)[O-])cn1. The van der Waals surface area contributed by atoms with Crippen molar-refractivity contribution in [2.45, 2.75) is 6.92 Å². The molecule has 0 atom stereocenters. The molecule has 0 spiro atoms. The van der Waals surface area contributed by atoms with E-state index >= 15 is 0 Å². The number of hydrogen-bond acceptors (Lipinski definition) is 5. The van der Waals surface area contributed by atoms with Crippen LogP contribution < -0.4 is 10.6 Å². The van der Waals surface area contributed by atoms with Gasteiger partial charge in [-0.3, -0.25) is 14.9 Å². The van der Waals surface area contributed by atoms with Gasteiger partial charge < -0.3 is 10.6 Å². The summed E-state index contributed by atoms with van der Waals surface area (Å²) >= 11 is 0. The summed E-state index contributed by atoms with van der Waals surface area (Å²) in [5.41, 5.74) is 0.207. The van der Waals surface area contributed by atoms with E-state index in [-0.39, 0.29) is 11.3 Å². The van der Waals surface area contributed by atoms with Gasteiger partial charge in [-0.15, -0.1) is 0 Å². The fourth-order valence-corrected chi connectivity index (χ4v) is 1.77. The molecule has 0 fully saturated rings. The minimum Gasteiger partial charge on any atom is -0.370 e. The van der Waals surface area contributed by atoms with E-state index in [1.807, 2.05) is 13.0 Å². The Morgan fingerprint density at radius 2 is 2.05 bits per heavy atom. The Morgan fingerprint density at radius 3 is 2.67 bits per heavy atom. The summed E-state index contributed by atoms with van der Waals surface area (Å²) in [5, 5.41) is 16.6. The average molecular weight is 286 g/mol. The van der Waals surface area contributed by atoms with E-state index in [9.17, 15) is 14.9 Å². The third-order valence-corrected chi connectivity index (χ3v) is 2.71. The van der Waals surface area contributed by atoms with Gasteiger partial charge >= 0.3 is 0 Å². The van der Waals surface area contributed by atoms with Crippen molar-refractivity contribution in [2.75, 3.05) is 17.2 Å². The maximum atomic E-state index is 12.2. The number of pyridine rings is 1. The number of amides is 1. The van der Waals surface area contributed by atoms with Crippen LogP contribution in [0.5, 0.6) is 0 Å². The van der Waals surface area contributed by atoms with E-state index in [4.69, 9.17) is 0 Å². The van der Waals surface area contributed by atoms with Gasteiger partial charge in [-0.1, -0.05) is 18.2 Å². The lowest BCUT2D eigenvalue weighted by Gasteiger charge is -2.08. The largest absolute Gasteiger partial charge is 0.370 e. The highest BCUT2D eigenvalue weighted by Gasteiger charge is 2.21. The van der Waals surface area contributed by atoms with Crippen LogP contribution in [-0.4, -0.2) is 22.4 Å². The Labute approximate surface area is 121 Å². The molecule has 1 aromatic heterocycles. The highest BCUT2D eigenvalue weighted by atomic mass is 16.6. The molecule has 2 rings (SSSR count). The molecule has 0 aliphatic rings. The molecule has 7 heteroatoms. The maximum absolute atomic E-state index is 12.2. The smallest absolute Gasteiger partial charge is 0.300 e. The lowest BCUT2D eigenvalue weighted by atomic mass is 10.2. The van der Waals surface area contributed by atoms with Gasteiger partial charge in [0.15, 0.2) is 0 Å². The van der Waals surface area contributed by atoms with Crippen molar-refractivity contribution in [3.05, 3.63) is 58.3 Å². The minimum absolute atomic E-state index is 0.0326. The molecule has 0 radical (unpaired) electrons. The van der Waals surface area contributed by atoms with Gasteiger partial charge in [0.2, 0.25) is 0 Å². The third-order valence-electron chi connectivity index (χ3n) is 2.71. The third kappa shape index (κ3) is 3.53. The molecular formula is C14H14N4O3. The molecule has 1 heterocycles. The number of nitro groups is 1. The predicted octanol–water partition coefficient (Wildman–Crippen LogP) is 2.67. The second-order valence-corrected chi connectivity index (χ2v) is 4.19. The van der Waals surface area contributed by atoms with E-state index in [1.54, 1.807) is 24.3 Å². The highest BCUT2D eigenvalue weighted by molar-refractivity contribution is 6.07. The Balaban J connectivity index is 2.33. The number of para-hydroxylation sites is 1. The summed E-state index contributed by atoms with van der Waals surface area (Å²) in [6.45, 7) is 2.47. The summed E-state index contributed by atoms with van der Waals surface area (Å²) in [6, 6.07) is 10.1. The second-order valence-electron chi connectivity index (χ2n) is 4.19.